The second-order valence-electron chi connectivity index (χ2n) is 4.69. The number of carbonyl (C=O) groups is 1. The summed E-state index contributed by atoms with van der Waals surface area (Å²) in [6.45, 7) is 6.97. The summed E-state index contributed by atoms with van der Waals surface area (Å²) in [5.74, 6) is 1.23. The van der Waals surface area contributed by atoms with E-state index in [1.54, 1.807) is 0 Å². The SMILES string of the molecule is Cc1cc(OCCC(C)C)ccc1NC(=O)CCl. The molecule has 0 aliphatic rings. The van der Waals surface area contributed by atoms with Crippen LogP contribution in [0.3, 0.4) is 0 Å². The number of rotatable bonds is 6. The Morgan fingerprint density at radius 3 is 2.72 bits per heavy atom. The van der Waals surface area contributed by atoms with Crippen LogP contribution in [0.15, 0.2) is 18.2 Å². The van der Waals surface area contributed by atoms with Crippen LogP contribution in [-0.4, -0.2) is 18.4 Å². The Morgan fingerprint density at radius 1 is 1.44 bits per heavy atom. The standard InChI is InChI=1S/C14H20ClNO2/c1-10(2)6-7-18-12-4-5-13(11(3)8-12)16-14(17)9-15/h4-5,8,10H,6-7,9H2,1-3H3,(H,16,17). The summed E-state index contributed by atoms with van der Waals surface area (Å²) >= 11 is 5.45. The molecule has 0 aliphatic heterocycles. The van der Waals surface area contributed by atoms with Gasteiger partial charge in [0.2, 0.25) is 5.91 Å². The highest BCUT2D eigenvalue weighted by molar-refractivity contribution is 6.29. The zero-order valence-electron chi connectivity index (χ0n) is 11.1. The molecular weight excluding hydrogens is 250 g/mol. The lowest BCUT2D eigenvalue weighted by atomic mass is 10.1. The molecule has 1 N–H and O–H groups in total. The van der Waals surface area contributed by atoms with Gasteiger partial charge in [0.15, 0.2) is 0 Å². The number of nitrogens with one attached hydrogen (secondary N) is 1. The average molecular weight is 270 g/mol. The Bertz CT molecular complexity index is 405. The Kier molecular flexibility index (Phi) is 5.99. The van der Waals surface area contributed by atoms with Crippen LogP contribution in [0.25, 0.3) is 0 Å². The van der Waals surface area contributed by atoms with Gasteiger partial charge >= 0.3 is 0 Å². The molecule has 1 aromatic carbocycles. The molecule has 1 amide bonds. The molecule has 0 unspecified atom stereocenters. The number of anilines is 1. The minimum atomic E-state index is -0.201. The van der Waals surface area contributed by atoms with Gasteiger partial charge < -0.3 is 10.1 Å². The fourth-order valence-corrected chi connectivity index (χ4v) is 1.53. The predicted molar refractivity (Wildman–Crippen MR) is 75.5 cm³/mol. The highest BCUT2D eigenvalue weighted by Gasteiger charge is 2.05. The third-order valence-corrected chi connectivity index (χ3v) is 2.80. The lowest BCUT2D eigenvalue weighted by Gasteiger charge is -2.11. The van der Waals surface area contributed by atoms with Crippen LogP contribution >= 0.6 is 11.6 Å². The van der Waals surface area contributed by atoms with Gasteiger partial charge in [-0.2, -0.15) is 0 Å². The second-order valence-corrected chi connectivity index (χ2v) is 4.96. The number of ether oxygens (including phenoxy) is 1. The summed E-state index contributed by atoms with van der Waals surface area (Å²) in [7, 11) is 0. The van der Waals surface area contributed by atoms with E-state index in [4.69, 9.17) is 16.3 Å². The molecule has 0 aliphatic carbocycles. The van der Waals surface area contributed by atoms with Crippen molar-refractivity contribution in [1.29, 1.82) is 0 Å². The number of carbonyl (C=O) groups excluding carboxylic acids is 1. The van der Waals surface area contributed by atoms with Gasteiger partial charge in [-0.3, -0.25) is 4.79 Å². The van der Waals surface area contributed by atoms with Crippen LogP contribution in [0.5, 0.6) is 5.75 Å². The first-order chi connectivity index (χ1) is 8.52. The van der Waals surface area contributed by atoms with Crippen molar-refractivity contribution in [2.75, 3.05) is 17.8 Å². The van der Waals surface area contributed by atoms with Crippen molar-refractivity contribution in [3.63, 3.8) is 0 Å². The van der Waals surface area contributed by atoms with E-state index >= 15 is 0 Å². The number of amides is 1. The zero-order valence-corrected chi connectivity index (χ0v) is 11.9. The third kappa shape index (κ3) is 4.96. The van der Waals surface area contributed by atoms with Crippen molar-refractivity contribution in [3.05, 3.63) is 23.8 Å². The molecule has 18 heavy (non-hydrogen) atoms. The molecule has 1 rings (SSSR count). The highest BCUT2D eigenvalue weighted by Crippen LogP contribution is 2.21. The summed E-state index contributed by atoms with van der Waals surface area (Å²) in [6.07, 6.45) is 1.03. The molecule has 0 saturated carbocycles. The van der Waals surface area contributed by atoms with Crippen LogP contribution < -0.4 is 10.1 Å². The molecule has 0 saturated heterocycles. The van der Waals surface area contributed by atoms with Crippen molar-refractivity contribution in [2.24, 2.45) is 5.92 Å². The minimum absolute atomic E-state index is 0.0356. The van der Waals surface area contributed by atoms with E-state index in [1.165, 1.54) is 0 Å². The van der Waals surface area contributed by atoms with E-state index in [0.29, 0.717) is 12.5 Å². The maximum atomic E-state index is 11.2. The monoisotopic (exact) mass is 269 g/mol. The van der Waals surface area contributed by atoms with Gasteiger partial charge in [-0.05, 0) is 43.0 Å². The second kappa shape index (κ2) is 7.27. The van der Waals surface area contributed by atoms with Crippen LogP contribution in [-0.2, 0) is 4.79 Å². The molecule has 0 heterocycles. The van der Waals surface area contributed by atoms with Gasteiger partial charge in [-0.25, -0.2) is 0 Å². The van der Waals surface area contributed by atoms with Gasteiger partial charge in [0.1, 0.15) is 11.6 Å². The van der Waals surface area contributed by atoms with E-state index in [-0.39, 0.29) is 11.8 Å². The van der Waals surface area contributed by atoms with E-state index in [1.807, 2.05) is 25.1 Å². The average Bonchev–Trinajstić information content (AvgIpc) is 2.32. The lowest BCUT2D eigenvalue weighted by molar-refractivity contribution is -0.113. The molecule has 0 aromatic heterocycles. The summed E-state index contributed by atoms with van der Waals surface area (Å²) in [6, 6.07) is 5.62. The van der Waals surface area contributed by atoms with Crippen LogP contribution in [0.2, 0.25) is 0 Å². The molecule has 0 radical (unpaired) electrons. The number of aryl methyl sites for hydroxylation is 1. The predicted octanol–water partition coefficient (Wildman–Crippen LogP) is 3.60. The lowest BCUT2D eigenvalue weighted by Crippen LogP contribution is -2.13. The first kappa shape index (κ1) is 14.8. The largest absolute Gasteiger partial charge is 0.494 e. The van der Waals surface area contributed by atoms with Crippen LogP contribution in [0.4, 0.5) is 5.69 Å². The summed E-state index contributed by atoms with van der Waals surface area (Å²) in [4.78, 5) is 11.2. The Hall–Kier alpha value is -1.22. The number of halogens is 1. The molecule has 100 valence electrons. The highest BCUT2D eigenvalue weighted by atomic mass is 35.5. The van der Waals surface area contributed by atoms with E-state index in [0.717, 1.165) is 23.4 Å². The van der Waals surface area contributed by atoms with Gasteiger partial charge in [0.05, 0.1) is 6.61 Å². The van der Waals surface area contributed by atoms with Crippen LogP contribution in [0.1, 0.15) is 25.8 Å². The number of hydrogen-bond acceptors (Lipinski definition) is 2. The van der Waals surface area contributed by atoms with Crippen molar-refractivity contribution < 1.29 is 9.53 Å². The number of hydrogen-bond donors (Lipinski definition) is 1. The first-order valence-electron chi connectivity index (χ1n) is 6.12. The first-order valence-corrected chi connectivity index (χ1v) is 6.65. The van der Waals surface area contributed by atoms with E-state index < -0.39 is 0 Å². The Balaban J connectivity index is 2.59. The molecular formula is C14H20ClNO2. The summed E-state index contributed by atoms with van der Waals surface area (Å²) < 4.78 is 5.65. The maximum Gasteiger partial charge on any atom is 0.239 e. The Morgan fingerprint density at radius 2 is 2.17 bits per heavy atom. The summed E-state index contributed by atoms with van der Waals surface area (Å²) in [5.41, 5.74) is 1.74. The van der Waals surface area contributed by atoms with E-state index in [9.17, 15) is 4.79 Å². The normalized spacial score (nSPS) is 10.5. The zero-order chi connectivity index (χ0) is 13.5. The van der Waals surface area contributed by atoms with Crippen molar-refractivity contribution >= 4 is 23.2 Å². The van der Waals surface area contributed by atoms with Gasteiger partial charge in [-0.15, -0.1) is 11.6 Å². The van der Waals surface area contributed by atoms with Crippen molar-refractivity contribution in [3.8, 4) is 5.75 Å². The molecule has 0 bridgehead atoms. The molecule has 0 atom stereocenters. The number of alkyl halides is 1. The third-order valence-electron chi connectivity index (χ3n) is 2.56. The Labute approximate surface area is 113 Å². The number of benzene rings is 1. The van der Waals surface area contributed by atoms with Crippen molar-refractivity contribution in [1.82, 2.24) is 0 Å². The van der Waals surface area contributed by atoms with Crippen molar-refractivity contribution in [2.45, 2.75) is 27.2 Å². The van der Waals surface area contributed by atoms with Gasteiger partial charge in [-0.1, -0.05) is 13.8 Å². The molecule has 0 spiro atoms. The molecule has 0 fully saturated rings. The maximum absolute atomic E-state index is 11.2. The topological polar surface area (TPSA) is 38.3 Å². The van der Waals surface area contributed by atoms with Crippen LogP contribution in [0, 0.1) is 12.8 Å². The fraction of sp³-hybridized carbons (Fsp3) is 0.500. The molecule has 1 aromatic rings. The quantitative estimate of drug-likeness (QED) is 0.802. The fourth-order valence-electron chi connectivity index (χ4n) is 1.46. The summed E-state index contributed by atoms with van der Waals surface area (Å²) in [5, 5.41) is 2.73. The molecule has 4 heteroatoms. The minimum Gasteiger partial charge on any atom is -0.494 e. The van der Waals surface area contributed by atoms with Gasteiger partial charge in [0.25, 0.3) is 0 Å². The smallest absolute Gasteiger partial charge is 0.239 e. The molecule has 3 nitrogen and oxygen atoms in total. The van der Waals surface area contributed by atoms with Gasteiger partial charge in [0, 0.05) is 5.69 Å². The van der Waals surface area contributed by atoms with E-state index in [2.05, 4.69) is 19.2 Å².